The summed E-state index contributed by atoms with van der Waals surface area (Å²) in [6, 6.07) is 15.0. The first-order chi connectivity index (χ1) is 15.9. The van der Waals surface area contributed by atoms with Gasteiger partial charge in [-0.2, -0.15) is 0 Å². The highest BCUT2D eigenvalue weighted by Gasteiger charge is 2.35. The third kappa shape index (κ3) is 4.70. The van der Waals surface area contributed by atoms with Crippen LogP contribution in [-0.2, 0) is 6.42 Å². The van der Waals surface area contributed by atoms with E-state index in [1.165, 1.54) is 0 Å². The van der Waals surface area contributed by atoms with Gasteiger partial charge in [0.05, 0.1) is 26.8 Å². The number of anilines is 1. The molecule has 0 aromatic heterocycles. The summed E-state index contributed by atoms with van der Waals surface area (Å²) in [5.41, 5.74) is 3.63. The zero-order valence-corrected chi connectivity index (χ0v) is 19.6. The molecule has 0 fully saturated rings. The van der Waals surface area contributed by atoms with Gasteiger partial charge in [-0.25, -0.2) is 9.64 Å². The number of fused-ring (bicyclic) bond motifs is 1. The maximum Gasteiger partial charge on any atom is 0.322 e. The molecule has 1 aliphatic heterocycles. The number of amides is 2. The Bertz CT molecular complexity index is 1220. The van der Waals surface area contributed by atoms with E-state index < -0.39 is 6.04 Å². The van der Waals surface area contributed by atoms with E-state index >= 15 is 0 Å². The molecule has 0 radical (unpaired) electrons. The summed E-state index contributed by atoms with van der Waals surface area (Å²) in [6.07, 6.45) is 0.614. The fraction of sp³-hybridized carbons (Fsp3) is 0.200. The van der Waals surface area contributed by atoms with Crippen LogP contribution >= 0.6 is 23.2 Å². The molecular weight excluding hydrogens is 461 g/mol. The van der Waals surface area contributed by atoms with Gasteiger partial charge in [0.25, 0.3) is 0 Å². The Morgan fingerprint density at radius 1 is 1.09 bits per heavy atom. The van der Waals surface area contributed by atoms with Crippen molar-refractivity contribution in [1.82, 2.24) is 4.90 Å². The topological polar surface area (TPSA) is 55.2 Å². The zero-order chi connectivity index (χ0) is 23.5. The van der Waals surface area contributed by atoms with Crippen LogP contribution in [0.15, 0.2) is 54.6 Å². The Morgan fingerprint density at radius 3 is 2.52 bits per heavy atom. The van der Waals surface area contributed by atoms with Crippen LogP contribution in [0.2, 0.25) is 10.0 Å². The lowest BCUT2D eigenvalue weighted by Crippen LogP contribution is -2.43. The van der Waals surface area contributed by atoms with Gasteiger partial charge >= 0.3 is 6.03 Å². The Hall–Kier alpha value is -3.40. The fourth-order valence-corrected chi connectivity index (χ4v) is 4.68. The standard InChI is InChI=1S/C25H21Cl2N3O3/c1-28-19-5-4-6-20(13-19)29-25(31)30-8-7-15-11-21(32-2)14-22(33-3)23(15)24(30)16-9-17(26)12-18(27)10-16/h4-6,9-14,24H,7-8H2,2-3H3,(H,29,31). The van der Waals surface area contributed by atoms with Crippen LogP contribution in [0.1, 0.15) is 22.7 Å². The van der Waals surface area contributed by atoms with E-state index in [0.29, 0.717) is 45.9 Å². The van der Waals surface area contributed by atoms with Crippen LogP contribution < -0.4 is 14.8 Å². The maximum atomic E-state index is 13.5. The first-order valence-corrected chi connectivity index (χ1v) is 10.9. The number of nitrogens with zero attached hydrogens (tertiary/aromatic N) is 2. The smallest absolute Gasteiger partial charge is 0.322 e. The molecule has 0 saturated carbocycles. The second-order valence-corrected chi connectivity index (χ2v) is 8.42. The van der Waals surface area contributed by atoms with Gasteiger partial charge in [0.2, 0.25) is 0 Å². The summed E-state index contributed by atoms with van der Waals surface area (Å²) in [5, 5.41) is 3.87. The molecule has 8 heteroatoms. The van der Waals surface area contributed by atoms with Gasteiger partial charge < -0.3 is 19.7 Å². The molecule has 1 heterocycles. The quantitative estimate of drug-likeness (QED) is 0.419. The lowest BCUT2D eigenvalue weighted by molar-refractivity contribution is 0.192. The van der Waals surface area contributed by atoms with Gasteiger partial charge in [-0.05, 0) is 53.9 Å². The number of rotatable bonds is 4. The summed E-state index contributed by atoms with van der Waals surface area (Å²) in [4.78, 5) is 18.6. The minimum atomic E-state index is -0.491. The molecule has 0 spiro atoms. The first kappa shape index (κ1) is 22.8. The van der Waals surface area contributed by atoms with E-state index in [0.717, 1.165) is 16.7 Å². The number of methoxy groups -OCH3 is 2. The third-order valence-electron chi connectivity index (χ3n) is 5.55. The Kier molecular flexibility index (Phi) is 6.64. The minimum Gasteiger partial charge on any atom is -0.497 e. The Balaban J connectivity index is 1.81. The molecule has 3 aromatic rings. The van der Waals surface area contributed by atoms with Gasteiger partial charge in [-0.1, -0.05) is 35.3 Å². The average molecular weight is 482 g/mol. The van der Waals surface area contributed by atoms with Crippen molar-refractivity contribution < 1.29 is 14.3 Å². The van der Waals surface area contributed by atoms with Crippen molar-refractivity contribution in [1.29, 1.82) is 0 Å². The van der Waals surface area contributed by atoms with E-state index in [1.54, 1.807) is 67.7 Å². The number of nitrogens with one attached hydrogen (secondary N) is 1. The molecule has 3 aromatic carbocycles. The summed E-state index contributed by atoms with van der Waals surface area (Å²) >= 11 is 12.7. The predicted octanol–water partition coefficient (Wildman–Crippen LogP) is 6.74. The van der Waals surface area contributed by atoms with Crippen molar-refractivity contribution in [2.45, 2.75) is 12.5 Å². The number of carbonyl (C=O) groups excluding carboxylic acids is 1. The van der Waals surface area contributed by atoms with Crippen molar-refractivity contribution in [3.05, 3.63) is 92.8 Å². The molecule has 4 rings (SSSR count). The molecular formula is C25H21Cl2N3O3. The van der Waals surface area contributed by atoms with Gasteiger partial charge in [0, 0.05) is 33.9 Å². The number of urea groups is 1. The Labute approximate surface area is 202 Å². The predicted molar refractivity (Wildman–Crippen MR) is 130 cm³/mol. The van der Waals surface area contributed by atoms with Crippen LogP contribution in [0.5, 0.6) is 11.5 Å². The molecule has 1 aliphatic rings. The summed E-state index contributed by atoms with van der Waals surface area (Å²) in [6.45, 7) is 7.67. The number of halogens is 2. The Morgan fingerprint density at radius 2 is 1.85 bits per heavy atom. The lowest BCUT2D eigenvalue weighted by Gasteiger charge is -2.38. The number of benzene rings is 3. The van der Waals surface area contributed by atoms with Crippen molar-refractivity contribution in [2.24, 2.45) is 0 Å². The van der Waals surface area contributed by atoms with E-state index in [4.69, 9.17) is 39.2 Å². The fourth-order valence-electron chi connectivity index (χ4n) is 4.13. The zero-order valence-electron chi connectivity index (χ0n) is 18.1. The molecule has 6 nitrogen and oxygen atoms in total. The van der Waals surface area contributed by atoms with Gasteiger partial charge in [-0.15, -0.1) is 0 Å². The highest BCUT2D eigenvalue weighted by atomic mass is 35.5. The highest BCUT2D eigenvalue weighted by Crippen LogP contribution is 2.44. The normalized spacial score (nSPS) is 14.8. The number of hydrogen-bond acceptors (Lipinski definition) is 3. The SMILES string of the molecule is [C-]#[N+]c1cccc(NC(=O)N2CCc3cc(OC)cc(OC)c3C2c2cc(Cl)cc(Cl)c2)c1. The van der Waals surface area contributed by atoms with Crippen molar-refractivity contribution in [2.75, 3.05) is 26.1 Å². The highest BCUT2D eigenvalue weighted by molar-refractivity contribution is 6.34. The molecule has 33 heavy (non-hydrogen) atoms. The van der Waals surface area contributed by atoms with Gasteiger partial charge in [-0.3, -0.25) is 0 Å². The molecule has 1 atom stereocenters. The largest absolute Gasteiger partial charge is 0.497 e. The van der Waals surface area contributed by atoms with Crippen LogP contribution in [0, 0.1) is 6.57 Å². The molecule has 1 N–H and O–H groups in total. The van der Waals surface area contributed by atoms with E-state index in [9.17, 15) is 4.79 Å². The molecule has 0 bridgehead atoms. The maximum absolute atomic E-state index is 13.5. The van der Waals surface area contributed by atoms with Gasteiger partial charge in [0.15, 0.2) is 5.69 Å². The van der Waals surface area contributed by atoms with Crippen LogP contribution in [0.4, 0.5) is 16.2 Å². The molecule has 1 unspecified atom stereocenters. The summed E-state index contributed by atoms with van der Waals surface area (Å²) in [5.74, 6) is 1.29. The van der Waals surface area contributed by atoms with E-state index in [2.05, 4.69) is 10.2 Å². The van der Waals surface area contributed by atoms with Gasteiger partial charge in [0.1, 0.15) is 11.5 Å². The second kappa shape index (κ2) is 9.62. The van der Waals surface area contributed by atoms with Crippen molar-refractivity contribution >= 4 is 40.6 Å². The summed E-state index contributed by atoms with van der Waals surface area (Å²) < 4.78 is 11.1. The van der Waals surface area contributed by atoms with Crippen LogP contribution in [0.3, 0.4) is 0 Å². The third-order valence-corrected chi connectivity index (χ3v) is 5.99. The molecule has 0 aliphatic carbocycles. The van der Waals surface area contributed by atoms with E-state index in [1.807, 2.05) is 6.07 Å². The van der Waals surface area contributed by atoms with Crippen molar-refractivity contribution in [3.8, 4) is 11.5 Å². The first-order valence-electron chi connectivity index (χ1n) is 10.2. The van der Waals surface area contributed by atoms with Crippen LogP contribution in [-0.4, -0.2) is 31.7 Å². The number of ether oxygens (including phenoxy) is 2. The number of hydrogen-bond donors (Lipinski definition) is 1. The monoisotopic (exact) mass is 481 g/mol. The number of carbonyl (C=O) groups is 1. The summed E-state index contributed by atoms with van der Waals surface area (Å²) in [7, 11) is 3.20. The second-order valence-electron chi connectivity index (χ2n) is 7.54. The molecule has 2 amide bonds. The van der Waals surface area contributed by atoms with Crippen LogP contribution in [0.25, 0.3) is 4.85 Å². The minimum absolute atomic E-state index is 0.304. The lowest BCUT2D eigenvalue weighted by atomic mass is 9.87. The molecule has 168 valence electrons. The molecule has 0 saturated heterocycles. The van der Waals surface area contributed by atoms with E-state index in [-0.39, 0.29) is 6.03 Å². The average Bonchev–Trinajstić information content (AvgIpc) is 2.81. The van der Waals surface area contributed by atoms with Crippen molar-refractivity contribution in [3.63, 3.8) is 0 Å².